The number of anilines is 1. The molecular weight excluding hydrogens is 324 g/mol. The number of nitrogen functional groups attached to an aromatic ring is 1. The van der Waals surface area contributed by atoms with Gasteiger partial charge in [0.05, 0.1) is 5.52 Å². The lowest BCUT2D eigenvalue weighted by atomic mass is 10.1. The average molecular weight is 346 g/mol. The normalized spacial score (nSPS) is 11.3. The fourth-order valence-electron chi connectivity index (χ4n) is 3.41. The maximum atomic E-state index is 6.20. The van der Waals surface area contributed by atoms with Crippen LogP contribution >= 0.6 is 0 Å². The van der Waals surface area contributed by atoms with Crippen LogP contribution < -0.4 is 10.5 Å². The van der Waals surface area contributed by atoms with Gasteiger partial charge >= 0.3 is 0 Å². The SMILES string of the molecule is CCc1c2c(nn1CC)c(N)nc1cc(OCc3ccccc3)ccc12. The molecule has 0 aliphatic rings. The molecule has 0 saturated heterocycles. The summed E-state index contributed by atoms with van der Waals surface area (Å²) in [4.78, 5) is 4.56. The van der Waals surface area contributed by atoms with Crippen molar-refractivity contribution in [1.29, 1.82) is 0 Å². The van der Waals surface area contributed by atoms with Crippen molar-refractivity contribution in [2.75, 3.05) is 5.73 Å². The molecule has 0 amide bonds. The van der Waals surface area contributed by atoms with Gasteiger partial charge in [-0.05, 0) is 31.0 Å². The van der Waals surface area contributed by atoms with E-state index in [4.69, 9.17) is 10.5 Å². The van der Waals surface area contributed by atoms with Crippen LogP contribution in [0.2, 0.25) is 0 Å². The third-order valence-electron chi connectivity index (χ3n) is 4.66. The number of hydrogen-bond acceptors (Lipinski definition) is 4. The van der Waals surface area contributed by atoms with E-state index < -0.39 is 0 Å². The lowest BCUT2D eigenvalue weighted by Crippen LogP contribution is -2.01. The zero-order chi connectivity index (χ0) is 18.1. The average Bonchev–Trinajstić information content (AvgIpc) is 3.06. The molecule has 0 radical (unpaired) electrons. The number of aromatic nitrogens is 3. The second-order valence-corrected chi connectivity index (χ2v) is 6.29. The highest BCUT2D eigenvalue weighted by Crippen LogP contribution is 2.32. The molecule has 2 aromatic carbocycles. The van der Waals surface area contributed by atoms with Crippen LogP contribution in [-0.4, -0.2) is 14.8 Å². The van der Waals surface area contributed by atoms with Gasteiger partial charge in [-0.25, -0.2) is 4.98 Å². The van der Waals surface area contributed by atoms with Crippen molar-refractivity contribution in [1.82, 2.24) is 14.8 Å². The maximum absolute atomic E-state index is 6.20. The zero-order valence-corrected chi connectivity index (χ0v) is 15.1. The number of hydrogen-bond donors (Lipinski definition) is 1. The summed E-state index contributed by atoms with van der Waals surface area (Å²) in [5.74, 6) is 1.25. The van der Waals surface area contributed by atoms with Crippen LogP contribution in [0.25, 0.3) is 21.8 Å². The van der Waals surface area contributed by atoms with Crippen LogP contribution in [0.4, 0.5) is 5.82 Å². The predicted octanol–water partition coefficient (Wildman–Crippen LogP) is 4.33. The third kappa shape index (κ3) is 2.75. The summed E-state index contributed by atoms with van der Waals surface area (Å²) >= 11 is 0. The highest BCUT2D eigenvalue weighted by molar-refractivity contribution is 6.09. The Balaban J connectivity index is 1.77. The van der Waals surface area contributed by atoms with Crippen LogP contribution in [0.15, 0.2) is 48.5 Å². The van der Waals surface area contributed by atoms with E-state index in [0.717, 1.165) is 46.1 Å². The lowest BCUT2D eigenvalue weighted by molar-refractivity contribution is 0.306. The van der Waals surface area contributed by atoms with E-state index in [9.17, 15) is 0 Å². The zero-order valence-electron chi connectivity index (χ0n) is 15.1. The number of nitrogens with two attached hydrogens (primary N) is 1. The van der Waals surface area contributed by atoms with Crippen LogP contribution in [0.5, 0.6) is 5.75 Å². The van der Waals surface area contributed by atoms with E-state index >= 15 is 0 Å². The minimum atomic E-state index is 0.467. The Morgan fingerprint density at radius 1 is 1.08 bits per heavy atom. The summed E-state index contributed by atoms with van der Waals surface area (Å²) in [5.41, 5.74) is 10.2. The first-order valence-electron chi connectivity index (χ1n) is 8.96. The summed E-state index contributed by atoms with van der Waals surface area (Å²) in [6, 6.07) is 16.1. The first kappa shape index (κ1) is 16.4. The summed E-state index contributed by atoms with van der Waals surface area (Å²) < 4.78 is 7.95. The largest absolute Gasteiger partial charge is 0.489 e. The van der Waals surface area contributed by atoms with Crippen molar-refractivity contribution in [2.24, 2.45) is 0 Å². The van der Waals surface area contributed by atoms with Crippen LogP contribution in [-0.2, 0) is 19.6 Å². The van der Waals surface area contributed by atoms with Gasteiger partial charge in [0.2, 0.25) is 0 Å². The number of rotatable bonds is 5. The van der Waals surface area contributed by atoms with Gasteiger partial charge in [0.25, 0.3) is 0 Å². The Kier molecular flexibility index (Phi) is 4.21. The second kappa shape index (κ2) is 6.67. The first-order chi connectivity index (χ1) is 12.7. The van der Waals surface area contributed by atoms with E-state index in [0.29, 0.717) is 12.4 Å². The molecule has 4 aromatic rings. The molecule has 0 atom stereocenters. The van der Waals surface area contributed by atoms with E-state index in [-0.39, 0.29) is 0 Å². The Labute approximate surface area is 152 Å². The number of pyridine rings is 1. The van der Waals surface area contributed by atoms with Gasteiger partial charge in [0, 0.05) is 29.1 Å². The molecular formula is C21H22N4O. The van der Waals surface area contributed by atoms with Crippen molar-refractivity contribution in [3.05, 3.63) is 59.8 Å². The van der Waals surface area contributed by atoms with Gasteiger partial charge in [0.15, 0.2) is 5.82 Å². The molecule has 0 bridgehead atoms. The molecule has 26 heavy (non-hydrogen) atoms. The second-order valence-electron chi connectivity index (χ2n) is 6.29. The first-order valence-corrected chi connectivity index (χ1v) is 8.96. The molecule has 132 valence electrons. The monoisotopic (exact) mass is 346 g/mol. The topological polar surface area (TPSA) is 66.0 Å². The Hall–Kier alpha value is -3.08. The van der Waals surface area contributed by atoms with Gasteiger partial charge < -0.3 is 10.5 Å². The van der Waals surface area contributed by atoms with E-state index in [1.807, 2.05) is 47.1 Å². The molecule has 0 aliphatic carbocycles. The van der Waals surface area contributed by atoms with Gasteiger partial charge in [0.1, 0.15) is 17.9 Å². The molecule has 0 unspecified atom stereocenters. The molecule has 5 heteroatoms. The number of benzene rings is 2. The van der Waals surface area contributed by atoms with E-state index in [2.05, 4.69) is 30.0 Å². The summed E-state index contributed by atoms with van der Waals surface area (Å²) in [7, 11) is 0. The molecule has 0 aliphatic heterocycles. The summed E-state index contributed by atoms with van der Waals surface area (Å²) in [6.07, 6.45) is 0.898. The highest BCUT2D eigenvalue weighted by Gasteiger charge is 2.16. The van der Waals surface area contributed by atoms with Gasteiger partial charge in [-0.15, -0.1) is 0 Å². The smallest absolute Gasteiger partial charge is 0.152 e. The van der Waals surface area contributed by atoms with Gasteiger partial charge in [-0.3, -0.25) is 4.68 Å². The lowest BCUT2D eigenvalue weighted by Gasteiger charge is -2.09. The molecule has 5 nitrogen and oxygen atoms in total. The van der Waals surface area contributed by atoms with Crippen LogP contribution in [0.3, 0.4) is 0 Å². The minimum Gasteiger partial charge on any atom is -0.489 e. The highest BCUT2D eigenvalue weighted by atomic mass is 16.5. The van der Waals surface area contributed by atoms with Gasteiger partial charge in [-0.2, -0.15) is 5.10 Å². The molecule has 2 N–H and O–H groups in total. The Bertz CT molecular complexity index is 1070. The molecule has 0 fully saturated rings. The predicted molar refractivity (Wildman–Crippen MR) is 105 cm³/mol. The van der Waals surface area contributed by atoms with Crippen molar-refractivity contribution in [3.63, 3.8) is 0 Å². The Morgan fingerprint density at radius 2 is 1.88 bits per heavy atom. The molecule has 0 spiro atoms. The van der Waals surface area contributed by atoms with Crippen molar-refractivity contribution in [2.45, 2.75) is 33.4 Å². The summed E-state index contributed by atoms with van der Waals surface area (Å²) in [6.45, 7) is 5.57. The van der Waals surface area contributed by atoms with E-state index in [1.54, 1.807) is 0 Å². The molecule has 4 rings (SSSR count). The van der Waals surface area contributed by atoms with Crippen LogP contribution in [0, 0.1) is 0 Å². The Morgan fingerprint density at radius 3 is 2.62 bits per heavy atom. The maximum Gasteiger partial charge on any atom is 0.152 e. The van der Waals surface area contributed by atoms with Crippen molar-refractivity contribution >= 4 is 27.6 Å². The van der Waals surface area contributed by atoms with Crippen LogP contribution in [0.1, 0.15) is 25.1 Å². The van der Waals surface area contributed by atoms with E-state index in [1.165, 1.54) is 5.69 Å². The standard InChI is InChI=1S/C21H22N4O/c1-3-18-19-16-11-10-15(26-13-14-8-6-5-7-9-14)12-17(16)23-21(22)20(19)24-25(18)4-2/h5-12H,3-4,13H2,1-2H3,(H2,22,23). The fourth-order valence-corrected chi connectivity index (χ4v) is 3.41. The number of ether oxygens (including phenoxy) is 1. The molecule has 2 aromatic heterocycles. The van der Waals surface area contributed by atoms with Crippen molar-refractivity contribution in [3.8, 4) is 5.75 Å². The summed E-state index contributed by atoms with van der Waals surface area (Å²) in [5, 5.41) is 6.82. The number of nitrogens with zero attached hydrogens (tertiary/aromatic N) is 3. The molecule has 0 saturated carbocycles. The minimum absolute atomic E-state index is 0.467. The van der Waals surface area contributed by atoms with Crippen molar-refractivity contribution < 1.29 is 4.74 Å². The number of fused-ring (bicyclic) bond motifs is 3. The molecule has 2 heterocycles. The number of aryl methyl sites for hydroxylation is 2. The van der Waals surface area contributed by atoms with Gasteiger partial charge in [-0.1, -0.05) is 37.3 Å². The fraction of sp³-hybridized carbons (Fsp3) is 0.238. The quantitative estimate of drug-likeness (QED) is 0.584. The third-order valence-corrected chi connectivity index (χ3v) is 4.66.